The smallest absolute Gasteiger partial charge is 0.0146 e. The van der Waals surface area contributed by atoms with Gasteiger partial charge in [0.05, 0.1) is 0 Å². The van der Waals surface area contributed by atoms with E-state index in [9.17, 15) is 0 Å². The van der Waals surface area contributed by atoms with Gasteiger partial charge in [0.15, 0.2) is 0 Å². The van der Waals surface area contributed by atoms with Gasteiger partial charge in [-0.05, 0) is 35.8 Å². The van der Waals surface area contributed by atoms with Crippen LogP contribution in [-0.2, 0) is 10.8 Å². The maximum atomic E-state index is 6.14. The summed E-state index contributed by atoms with van der Waals surface area (Å²) in [4.78, 5) is 0. The van der Waals surface area contributed by atoms with E-state index in [1.54, 1.807) is 0 Å². The van der Waals surface area contributed by atoms with Crippen molar-refractivity contribution in [3.63, 3.8) is 0 Å². The van der Waals surface area contributed by atoms with Crippen LogP contribution in [0, 0.1) is 0 Å². The number of hydrogen-bond donors (Lipinski definition) is 1. The van der Waals surface area contributed by atoms with E-state index in [-0.39, 0.29) is 0 Å². The molecule has 0 radical (unpaired) electrons. The second kappa shape index (κ2) is 2.65. The molecule has 0 heterocycles. The van der Waals surface area contributed by atoms with Gasteiger partial charge in [-0.15, -0.1) is 0 Å². The minimum atomic E-state index is 0.337. The fourth-order valence-corrected chi connectivity index (χ4v) is 3.24. The lowest BCUT2D eigenvalue weighted by Gasteiger charge is -2.37. The Morgan fingerprint density at radius 3 is 2.33 bits per heavy atom. The summed E-state index contributed by atoms with van der Waals surface area (Å²) in [5.74, 6) is 0. The predicted molar refractivity (Wildman–Crippen MR) is 63.0 cm³/mol. The van der Waals surface area contributed by atoms with Gasteiger partial charge in [0.1, 0.15) is 0 Å². The van der Waals surface area contributed by atoms with Gasteiger partial charge in [-0.1, -0.05) is 38.1 Å². The third-order valence-electron chi connectivity index (χ3n) is 4.52. The summed E-state index contributed by atoms with van der Waals surface area (Å²) in [7, 11) is 0. The number of benzene rings is 1. The van der Waals surface area contributed by atoms with Crippen LogP contribution in [0.5, 0.6) is 0 Å². The quantitative estimate of drug-likeness (QED) is 0.686. The molecule has 0 amide bonds. The highest BCUT2D eigenvalue weighted by Gasteiger charge is 2.56. The van der Waals surface area contributed by atoms with Gasteiger partial charge in [0.25, 0.3) is 0 Å². The van der Waals surface area contributed by atoms with Crippen LogP contribution >= 0.6 is 0 Å². The lowest BCUT2D eigenvalue weighted by atomic mass is 9.67. The molecule has 0 aromatic heterocycles. The van der Waals surface area contributed by atoms with Gasteiger partial charge in [-0.3, -0.25) is 0 Å². The van der Waals surface area contributed by atoms with Crippen LogP contribution < -0.4 is 5.73 Å². The molecule has 2 aliphatic carbocycles. The maximum Gasteiger partial charge on any atom is 0.0146 e. The van der Waals surface area contributed by atoms with Gasteiger partial charge in [0, 0.05) is 11.5 Å². The number of hydrogen-bond acceptors (Lipinski definition) is 1. The highest BCUT2D eigenvalue weighted by atomic mass is 14.8. The average molecular weight is 201 g/mol. The third-order valence-corrected chi connectivity index (χ3v) is 4.52. The first-order chi connectivity index (χ1) is 7.06. The molecule has 0 aliphatic heterocycles. The molecule has 0 bridgehead atoms. The van der Waals surface area contributed by atoms with Crippen molar-refractivity contribution in [3.8, 4) is 0 Å². The molecule has 1 nitrogen and oxygen atoms in total. The monoisotopic (exact) mass is 201 g/mol. The Balaban J connectivity index is 2.17. The number of nitrogens with two attached hydrogens (primary N) is 1. The van der Waals surface area contributed by atoms with Crippen LogP contribution in [0.15, 0.2) is 24.3 Å². The van der Waals surface area contributed by atoms with Gasteiger partial charge in [-0.25, -0.2) is 0 Å². The number of rotatable bonds is 0. The first kappa shape index (κ1) is 9.41. The second-order valence-electron chi connectivity index (χ2n) is 5.90. The van der Waals surface area contributed by atoms with Crippen molar-refractivity contribution < 1.29 is 0 Å². The second-order valence-corrected chi connectivity index (χ2v) is 5.90. The Kier molecular flexibility index (Phi) is 1.66. The van der Waals surface area contributed by atoms with Crippen LogP contribution in [-0.4, -0.2) is 6.04 Å². The van der Waals surface area contributed by atoms with Crippen molar-refractivity contribution in [2.75, 3.05) is 0 Å². The Morgan fingerprint density at radius 2 is 1.73 bits per heavy atom. The molecule has 1 aromatic carbocycles. The molecule has 0 saturated heterocycles. The Hall–Kier alpha value is -0.820. The molecule has 3 rings (SSSR count). The maximum absolute atomic E-state index is 6.14. The highest BCUT2D eigenvalue weighted by Crippen LogP contribution is 2.57. The normalized spacial score (nSPS) is 36.3. The molecule has 15 heavy (non-hydrogen) atoms. The first-order valence-corrected chi connectivity index (χ1v) is 5.92. The fraction of sp³-hybridized carbons (Fsp3) is 0.571. The standard InChI is InChI=1S/C14H19N/c1-13(2)7-8-14(9-12(14)15)11-6-4-3-5-10(11)13/h3-6,12H,7-9,15H2,1-2H3/t12-,14-/m1/s1. The minimum Gasteiger partial charge on any atom is -0.327 e. The van der Waals surface area contributed by atoms with Gasteiger partial charge >= 0.3 is 0 Å². The summed E-state index contributed by atoms with van der Waals surface area (Å²) in [6, 6.07) is 9.32. The van der Waals surface area contributed by atoms with Crippen molar-refractivity contribution in [1.82, 2.24) is 0 Å². The van der Waals surface area contributed by atoms with E-state index in [2.05, 4.69) is 38.1 Å². The largest absolute Gasteiger partial charge is 0.327 e. The van der Waals surface area contributed by atoms with Crippen LogP contribution in [0.25, 0.3) is 0 Å². The van der Waals surface area contributed by atoms with Gasteiger partial charge < -0.3 is 5.73 Å². The van der Waals surface area contributed by atoms with E-state index < -0.39 is 0 Å². The molecule has 1 heteroatoms. The summed E-state index contributed by atoms with van der Waals surface area (Å²) in [6.07, 6.45) is 3.75. The Labute approximate surface area is 91.7 Å². The van der Waals surface area contributed by atoms with E-state index in [4.69, 9.17) is 5.73 Å². The van der Waals surface area contributed by atoms with Crippen molar-refractivity contribution in [1.29, 1.82) is 0 Å². The summed E-state index contributed by atoms with van der Waals surface area (Å²) in [6.45, 7) is 4.71. The molecule has 1 spiro atoms. The molecule has 1 saturated carbocycles. The van der Waals surface area contributed by atoms with Crippen molar-refractivity contribution in [2.24, 2.45) is 5.73 Å². The van der Waals surface area contributed by atoms with E-state index >= 15 is 0 Å². The van der Waals surface area contributed by atoms with Crippen molar-refractivity contribution in [3.05, 3.63) is 35.4 Å². The van der Waals surface area contributed by atoms with E-state index in [1.807, 2.05) is 0 Å². The van der Waals surface area contributed by atoms with Gasteiger partial charge in [-0.2, -0.15) is 0 Å². The predicted octanol–water partition coefficient (Wildman–Crippen LogP) is 2.73. The highest BCUT2D eigenvalue weighted by molar-refractivity contribution is 5.47. The summed E-state index contributed by atoms with van der Waals surface area (Å²) in [5.41, 5.74) is 9.89. The van der Waals surface area contributed by atoms with Crippen LogP contribution in [0.1, 0.15) is 44.2 Å². The lowest BCUT2D eigenvalue weighted by Crippen LogP contribution is -2.32. The van der Waals surface area contributed by atoms with Crippen molar-refractivity contribution >= 4 is 0 Å². The third kappa shape index (κ3) is 1.13. The zero-order chi connectivity index (χ0) is 10.7. The molecule has 2 atom stereocenters. The van der Waals surface area contributed by atoms with Crippen LogP contribution in [0.3, 0.4) is 0 Å². The Morgan fingerprint density at radius 1 is 1.13 bits per heavy atom. The molecule has 1 fully saturated rings. The zero-order valence-electron chi connectivity index (χ0n) is 9.59. The molecule has 2 aliphatic rings. The van der Waals surface area contributed by atoms with Crippen molar-refractivity contribution in [2.45, 2.75) is 50.0 Å². The topological polar surface area (TPSA) is 26.0 Å². The molecule has 2 N–H and O–H groups in total. The lowest BCUT2D eigenvalue weighted by molar-refractivity contribution is 0.377. The van der Waals surface area contributed by atoms with E-state index in [0.717, 1.165) is 0 Å². The number of fused-ring (bicyclic) bond motifs is 2. The minimum absolute atomic E-state index is 0.337. The van der Waals surface area contributed by atoms with Crippen LogP contribution in [0.2, 0.25) is 0 Å². The average Bonchev–Trinajstić information content (AvgIpc) is 2.87. The van der Waals surface area contributed by atoms with E-state index in [1.165, 1.54) is 30.4 Å². The van der Waals surface area contributed by atoms with Gasteiger partial charge in [0.2, 0.25) is 0 Å². The molecular formula is C14H19N. The first-order valence-electron chi connectivity index (χ1n) is 5.92. The Bertz CT molecular complexity index is 408. The zero-order valence-corrected chi connectivity index (χ0v) is 9.59. The fourth-order valence-electron chi connectivity index (χ4n) is 3.24. The summed E-state index contributed by atoms with van der Waals surface area (Å²) >= 11 is 0. The SMILES string of the molecule is CC1(C)CC[C@@]2(C[C@H]2N)c2ccccc21. The molecule has 0 unspecified atom stereocenters. The summed E-state index contributed by atoms with van der Waals surface area (Å²) < 4.78 is 0. The van der Waals surface area contributed by atoms with Crippen LogP contribution in [0.4, 0.5) is 0 Å². The van der Waals surface area contributed by atoms with E-state index in [0.29, 0.717) is 16.9 Å². The molecular weight excluding hydrogens is 182 g/mol. The molecule has 1 aromatic rings. The summed E-state index contributed by atoms with van der Waals surface area (Å²) in [5, 5.41) is 0. The molecule has 80 valence electrons.